The van der Waals surface area contributed by atoms with Crippen molar-refractivity contribution < 1.29 is 4.39 Å². The van der Waals surface area contributed by atoms with Crippen LogP contribution >= 0.6 is 11.6 Å². The first-order valence-electron chi connectivity index (χ1n) is 8.31. The van der Waals surface area contributed by atoms with Crippen LogP contribution in [-0.2, 0) is 6.42 Å². The lowest BCUT2D eigenvalue weighted by Gasteiger charge is -2.26. The zero-order valence-electron chi connectivity index (χ0n) is 13.2. The van der Waals surface area contributed by atoms with Crippen LogP contribution in [0.4, 0.5) is 4.39 Å². The molecule has 1 nitrogen and oxygen atoms in total. The van der Waals surface area contributed by atoms with Crippen LogP contribution in [0.1, 0.15) is 51.5 Å². The van der Waals surface area contributed by atoms with Gasteiger partial charge in [-0.1, -0.05) is 38.3 Å². The average Bonchev–Trinajstić information content (AvgIpc) is 2.95. The Morgan fingerprint density at radius 1 is 1.33 bits per heavy atom. The number of benzene rings is 1. The van der Waals surface area contributed by atoms with E-state index in [2.05, 4.69) is 19.2 Å². The molecule has 1 aromatic carbocycles. The van der Waals surface area contributed by atoms with Crippen LogP contribution in [0.15, 0.2) is 18.2 Å². The molecule has 0 saturated heterocycles. The summed E-state index contributed by atoms with van der Waals surface area (Å²) in [6.45, 7) is 5.48. The van der Waals surface area contributed by atoms with E-state index >= 15 is 0 Å². The minimum Gasteiger partial charge on any atom is -0.313 e. The maximum Gasteiger partial charge on any atom is 0.123 e. The standard InChI is InChI=1S/C18H27ClFN/c1-3-9-21-18(14-6-5-13(4-2)10-14)12-15-11-16(20)7-8-17(15)19/h7-8,11,13-14,18,21H,3-6,9-10,12H2,1-2H3. The molecule has 1 N–H and O–H groups in total. The largest absolute Gasteiger partial charge is 0.313 e. The van der Waals surface area contributed by atoms with Crippen LogP contribution in [0.2, 0.25) is 5.02 Å². The highest BCUT2D eigenvalue weighted by atomic mass is 35.5. The van der Waals surface area contributed by atoms with Gasteiger partial charge in [-0.05, 0) is 67.8 Å². The monoisotopic (exact) mass is 311 g/mol. The molecule has 0 bridgehead atoms. The van der Waals surface area contributed by atoms with Gasteiger partial charge in [0, 0.05) is 11.1 Å². The van der Waals surface area contributed by atoms with Gasteiger partial charge in [-0.15, -0.1) is 0 Å². The highest BCUT2D eigenvalue weighted by molar-refractivity contribution is 6.31. The molecule has 1 aromatic rings. The zero-order chi connectivity index (χ0) is 15.2. The quantitative estimate of drug-likeness (QED) is 0.728. The Morgan fingerprint density at radius 2 is 2.14 bits per heavy atom. The fourth-order valence-electron chi connectivity index (χ4n) is 3.52. The van der Waals surface area contributed by atoms with E-state index < -0.39 is 0 Å². The molecule has 0 heterocycles. The summed E-state index contributed by atoms with van der Waals surface area (Å²) in [4.78, 5) is 0. The Bertz CT molecular complexity index is 449. The van der Waals surface area contributed by atoms with Crippen molar-refractivity contribution in [3.8, 4) is 0 Å². The fraction of sp³-hybridized carbons (Fsp3) is 0.667. The molecule has 3 heteroatoms. The SMILES string of the molecule is CCCNC(Cc1cc(F)ccc1Cl)C1CCC(CC)C1. The van der Waals surface area contributed by atoms with Crippen molar-refractivity contribution in [1.29, 1.82) is 0 Å². The van der Waals surface area contributed by atoms with Gasteiger partial charge in [0.25, 0.3) is 0 Å². The summed E-state index contributed by atoms with van der Waals surface area (Å²) < 4.78 is 13.5. The van der Waals surface area contributed by atoms with Crippen LogP contribution in [0, 0.1) is 17.7 Å². The second-order valence-corrected chi connectivity index (χ2v) is 6.76. The van der Waals surface area contributed by atoms with E-state index in [-0.39, 0.29) is 5.82 Å². The third kappa shape index (κ3) is 4.69. The van der Waals surface area contributed by atoms with Crippen LogP contribution in [0.25, 0.3) is 0 Å². The van der Waals surface area contributed by atoms with Gasteiger partial charge in [-0.2, -0.15) is 0 Å². The second-order valence-electron chi connectivity index (χ2n) is 6.35. The summed E-state index contributed by atoms with van der Waals surface area (Å²) in [5.74, 6) is 1.37. The van der Waals surface area contributed by atoms with E-state index in [1.165, 1.54) is 31.7 Å². The van der Waals surface area contributed by atoms with Crippen molar-refractivity contribution in [2.75, 3.05) is 6.54 Å². The molecule has 1 aliphatic rings. The zero-order valence-corrected chi connectivity index (χ0v) is 13.9. The summed E-state index contributed by atoms with van der Waals surface area (Å²) in [7, 11) is 0. The molecular formula is C18H27ClFN. The lowest BCUT2D eigenvalue weighted by atomic mass is 9.90. The molecule has 0 amide bonds. The van der Waals surface area contributed by atoms with Crippen LogP contribution < -0.4 is 5.32 Å². The van der Waals surface area contributed by atoms with E-state index in [9.17, 15) is 4.39 Å². The van der Waals surface area contributed by atoms with Gasteiger partial charge >= 0.3 is 0 Å². The van der Waals surface area contributed by atoms with Crippen molar-refractivity contribution in [2.24, 2.45) is 11.8 Å². The lowest BCUT2D eigenvalue weighted by Crippen LogP contribution is -2.37. The number of halogens is 2. The van der Waals surface area contributed by atoms with Crippen molar-refractivity contribution in [1.82, 2.24) is 5.32 Å². The van der Waals surface area contributed by atoms with E-state index in [0.29, 0.717) is 17.0 Å². The van der Waals surface area contributed by atoms with Gasteiger partial charge in [0.05, 0.1) is 0 Å². The Hall–Kier alpha value is -0.600. The first kappa shape index (κ1) is 16.8. The topological polar surface area (TPSA) is 12.0 Å². The number of hydrogen-bond donors (Lipinski definition) is 1. The third-order valence-corrected chi connectivity index (χ3v) is 5.20. The van der Waals surface area contributed by atoms with Gasteiger partial charge in [0.1, 0.15) is 5.82 Å². The summed E-state index contributed by atoms with van der Waals surface area (Å²) in [5, 5.41) is 4.36. The normalized spacial score (nSPS) is 23.4. The van der Waals surface area contributed by atoms with Gasteiger partial charge in [0.2, 0.25) is 0 Å². The van der Waals surface area contributed by atoms with Crippen LogP contribution in [0.5, 0.6) is 0 Å². The van der Waals surface area contributed by atoms with Crippen molar-refractivity contribution in [2.45, 2.75) is 58.4 Å². The predicted molar refractivity (Wildman–Crippen MR) is 88.3 cm³/mol. The molecule has 0 aliphatic heterocycles. The second kappa shape index (κ2) is 8.14. The molecule has 1 fully saturated rings. The average molecular weight is 312 g/mol. The van der Waals surface area contributed by atoms with E-state index in [4.69, 9.17) is 11.6 Å². The molecule has 1 saturated carbocycles. The maximum atomic E-state index is 13.5. The minimum atomic E-state index is -0.193. The molecule has 3 atom stereocenters. The predicted octanol–water partition coefficient (Wildman–Crippen LogP) is 5.22. The van der Waals surface area contributed by atoms with Crippen molar-refractivity contribution >= 4 is 11.6 Å². The number of hydrogen-bond acceptors (Lipinski definition) is 1. The molecule has 0 radical (unpaired) electrons. The highest BCUT2D eigenvalue weighted by Crippen LogP contribution is 2.36. The first-order valence-corrected chi connectivity index (χ1v) is 8.69. The molecule has 118 valence electrons. The van der Waals surface area contributed by atoms with Gasteiger partial charge in [0.15, 0.2) is 0 Å². The molecular weight excluding hydrogens is 285 g/mol. The van der Waals surface area contributed by atoms with Crippen molar-refractivity contribution in [3.63, 3.8) is 0 Å². The van der Waals surface area contributed by atoms with Gasteiger partial charge in [-0.3, -0.25) is 0 Å². The highest BCUT2D eigenvalue weighted by Gasteiger charge is 2.30. The van der Waals surface area contributed by atoms with Crippen LogP contribution in [0.3, 0.4) is 0 Å². The molecule has 21 heavy (non-hydrogen) atoms. The number of rotatable bonds is 7. The lowest BCUT2D eigenvalue weighted by molar-refractivity contribution is 0.343. The Kier molecular flexibility index (Phi) is 6.50. The van der Waals surface area contributed by atoms with E-state index in [1.54, 1.807) is 12.1 Å². The van der Waals surface area contributed by atoms with E-state index in [0.717, 1.165) is 30.9 Å². The first-order chi connectivity index (χ1) is 10.1. The van der Waals surface area contributed by atoms with Gasteiger partial charge < -0.3 is 5.32 Å². The molecule has 0 aromatic heterocycles. The molecule has 3 unspecified atom stereocenters. The van der Waals surface area contributed by atoms with Crippen LogP contribution in [-0.4, -0.2) is 12.6 Å². The minimum absolute atomic E-state index is 0.193. The summed E-state index contributed by atoms with van der Waals surface area (Å²) in [5.41, 5.74) is 0.935. The molecule has 1 aliphatic carbocycles. The Balaban J connectivity index is 2.07. The summed E-state index contributed by atoms with van der Waals surface area (Å²) in [6.07, 6.45) is 7.15. The maximum absolute atomic E-state index is 13.5. The molecule has 2 rings (SSSR count). The smallest absolute Gasteiger partial charge is 0.123 e. The van der Waals surface area contributed by atoms with Crippen molar-refractivity contribution in [3.05, 3.63) is 34.6 Å². The van der Waals surface area contributed by atoms with E-state index in [1.807, 2.05) is 0 Å². The van der Waals surface area contributed by atoms with Gasteiger partial charge in [-0.25, -0.2) is 4.39 Å². The third-order valence-electron chi connectivity index (χ3n) is 4.83. The fourth-order valence-corrected chi connectivity index (χ4v) is 3.72. The Labute approximate surface area is 133 Å². The summed E-state index contributed by atoms with van der Waals surface area (Å²) >= 11 is 6.24. The summed E-state index contributed by atoms with van der Waals surface area (Å²) in [6, 6.07) is 5.12. The Morgan fingerprint density at radius 3 is 2.81 bits per heavy atom. The number of nitrogens with one attached hydrogen (secondary N) is 1. The molecule has 0 spiro atoms.